The van der Waals surface area contributed by atoms with Crippen LogP contribution in [0.1, 0.15) is 39.5 Å². The van der Waals surface area contributed by atoms with Crippen molar-refractivity contribution in [2.75, 3.05) is 18.6 Å². The van der Waals surface area contributed by atoms with E-state index >= 15 is 0 Å². The van der Waals surface area contributed by atoms with E-state index in [1.54, 1.807) is 13.0 Å². The van der Waals surface area contributed by atoms with Crippen molar-refractivity contribution in [1.82, 2.24) is 4.90 Å². The molecule has 1 unspecified atom stereocenters. The lowest BCUT2D eigenvalue weighted by Gasteiger charge is -2.36. The van der Waals surface area contributed by atoms with Gasteiger partial charge in [-0.3, -0.25) is 5.43 Å². The van der Waals surface area contributed by atoms with E-state index < -0.39 is 5.97 Å². The number of amidine groups is 1. The second-order valence-corrected chi connectivity index (χ2v) is 5.91. The second-order valence-electron chi connectivity index (χ2n) is 5.50. The van der Waals surface area contributed by atoms with Gasteiger partial charge in [-0.15, -0.1) is 5.10 Å². The molecule has 2 rings (SSSR count). The second kappa shape index (κ2) is 8.77. The van der Waals surface area contributed by atoms with Gasteiger partial charge in [0.15, 0.2) is 0 Å². The van der Waals surface area contributed by atoms with Crippen molar-refractivity contribution in [3.63, 3.8) is 0 Å². The van der Waals surface area contributed by atoms with Gasteiger partial charge in [0.05, 0.1) is 17.3 Å². The van der Waals surface area contributed by atoms with Gasteiger partial charge in [-0.25, -0.2) is 4.79 Å². The first kappa shape index (κ1) is 17.6. The first-order chi connectivity index (χ1) is 11.2. The Bertz CT molecular complexity index is 563. The fraction of sp³-hybridized carbons (Fsp3) is 0.529. The molecular weight excluding hydrogens is 314 g/mol. The number of hydrogen-bond acceptors (Lipinski definition) is 4. The maximum absolute atomic E-state index is 12.3. The van der Waals surface area contributed by atoms with Crippen LogP contribution < -0.4 is 5.43 Å². The zero-order valence-corrected chi connectivity index (χ0v) is 14.5. The third kappa shape index (κ3) is 4.61. The van der Waals surface area contributed by atoms with Gasteiger partial charge in [-0.1, -0.05) is 30.7 Å². The Morgan fingerprint density at radius 2 is 2.17 bits per heavy atom. The molecule has 23 heavy (non-hydrogen) atoms. The van der Waals surface area contributed by atoms with E-state index in [-0.39, 0.29) is 0 Å². The Hall–Kier alpha value is -1.75. The van der Waals surface area contributed by atoms with Crippen LogP contribution in [0.3, 0.4) is 0 Å². The summed E-state index contributed by atoms with van der Waals surface area (Å²) < 4.78 is 5.18. The Balaban J connectivity index is 2.24. The van der Waals surface area contributed by atoms with Crippen molar-refractivity contribution in [2.45, 2.75) is 45.6 Å². The lowest BCUT2D eigenvalue weighted by molar-refractivity contribution is -0.136. The van der Waals surface area contributed by atoms with Gasteiger partial charge < -0.3 is 9.64 Å². The molecule has 1 atom stereocenters. The zero-order valence-electron chi connectivity index (χ0n) is 13.7. The summed E-state index contributed by atoms with van der Waals surface area (Å²) in [4.78, 5) is 14.4. The van der Waals surface area contributed by atoms with E-state index in [0.29, 0.717) is 29.2 Å². The highest BCUT2D eigenvalue weighted by Gasteiger charge is 2.29. The van der Waals surface area contributed by atoms with Crippen molar-refractivity contribution >= 4 is 29.1 Å². The number of piperidine rings is 1. The fourth-order valence-corrected chi connectivity index (χ4v) is 2.97. The summed E-state index contributed by atoms with van der Waals surface area (Å²) in [7, 11) is 0. The number of likely N-dealkylation sites (tertiary alicyclic amines) is 1. The van der Waals surface area contributed by atoms with Crippen molar-refractivity contribution in [3.8, 4) is 0 Å². The maximum Gasteiger partial charge on any atom is 0.376 e. The smallest absolute Gasteiger partial charge is 0.376 e. The summed E-state index contributed by atoms with van der Waals surface area (Å²) >= 11 is 6.13. The molecule has 0 bridgehead atoms. The van der Waals surface area contributed by atoms with Gasteiger partial charge in [-0.2, -0.15) is 0 Å². The molecule has 0 aromatic heterocycles. The largest absolute Gasteiger partial charge is 0.460 e. The van der Waals surface area contributed by atoms with Gasteiger partial charge in [0.2, 0.25) is 5.84 Å². The molecule has 0 aliphatic carbocycles. The highest BCUT2D eigenvalue weighted by Crippen LogP contribution is 2.23. The van der Waals surface area contributed by atoms with Crippen LogP contribution in [-0.4, -0.2) is 35.9 Å². The summed E-state index contributed by atoms with van der Waals surface area (Å²) in [6, 6.07) is 7.63. The van der Waals surface area contributed by atoms with E-state index in [1.165, 1.54) is 6.42 Å². The summed E-state index contributed by atoms with van der Waals surface area (Å²) in [5.41, 5.74) is 3.58. The molecule has 1 N–H and O–H groups in total. The van der Waals surface area contributed by atoms with E-state index in [0.717, 1.165) is 25.8 Å². The van der Waals surface area contributed by atoms with Gasteiger partial charge in [-0.05, 0) is 44.7 Å². The SMILES string of the molecule is CCOC(=O)/C(=N\Nc1ccccc1Cl)N1CCCCC1CC. The number of esters is 1. The number of nitrogens with zero attached hydrogens (tertiary/aromatic N) is 2. The maximum atomic E-state index is 12.3. The molecule has 1 aromatic carbocycles. The van der Waals surface area contributed by atoms with Crippen molar-refractivity contribution < 1.29 is 9.53 Å². The molecule has 1 aliphatic heterocycles. The van der Waals surface area contributed by atoms with Crippen LogP contribution in [-0.2, 0) is 9.53 Å². The molecule has 1 aromatic rings. The summed E-state index contributed by atoms with van der Waals surface area (Å²) in [5.74, 6) is -0.0641. The van der Waals surface area contributed by atoms with Crippen LogP contribution in [0.5, 0.6) is 0 Å². The van der Waals surface area contributed by atoms with Crippen LogP contribution in [0.4, 0.5) is 5.69 Å². The third-order valence-corrected chi connectivity index (χ3v) is 4.31. The number of nitrogens with one attached hydrogen (secondary N) is 1. The normalized spacial score (nSPS) is 18.7. The fourth-order valence-electron chi connectivity index (χ4n) is 2.79. The molecule has 5 nitrogen and oxygen atoms in total. The van der Waals surface area contributed by atoms with Gasteiger partial charge in [0.25, 0.3) is 0 Å². The van der Waals surface area contributed by atoms with E-state index in [9.17, 15) is 4.79 Å². The first-order valence-corrected chi connectivity index (χ1v) is 8.57. The standard InChI is InChI=1S/C17H24ClN3O2/c1-3-13-9-7-8-12-21(13)16(17(22)23-4-2)20-19-15-11-6-5-10-14(15)18/h5-6,10-11,13,19H,3-4,7-9,12H2,1-2H3/b20-16+. The number of hydrogen-bond donors (Lipinski definition) is 1. The lowest BCUT2D eigenvalue weighted by Crippen LogP contribution is -2.47. The third-order valence-electron chi connectivity index (χ3n) is 3.98. The van der Waals surface area contributed by atoms with Crippen LogP contribution in [0.25, 0.3) is 0 Å². The Morgan fingerprint density at radius 1 is 1.39 bits per heavy atom. The summed E-state index contributed by atoms with van der Waals surface area (Å²) in [5, 5.41) is 4.89. The summed E-state index contributed by atoms with van der Waals surface area (Å²) in [6.45, 7) is 5.08. The Kier molecular flexibility index (Phi) is 6.71. The van der Waals surface area contributed by atoms with Crippen LogP contribution >= 0.6 is 11.6 Å². The molecule has 0 saturated carbocycles. The number of para-hydroxylation sites is 1. The number of anilines is 1. The van der Waals surface area contributed by atoms with Gasteiger partial charge in [0, 0.05) is 12.6 Å². The minimum atomic E-state index is -0.396. The van der Waals surface area contributed by atoms with Gasteiger partial charge in [0.1, 0.15) is 0 Å². The molecule has 0 amide bonds. The molecular formula is C17H24ClN3O2. The lowest BCUT2D eigenvalue weighted by atomic mass is 10.00. The minimum Gasteiger partial charge on any atom is -0.460 e. The average molecular weight is 338 g/mol. The minimum absolute atomic E-state index is 0.319. The Morgan fingerprint density at radius 3 is 2.87 bits per heavy atom. The molecule has 1 aliphatic rings. The average Bonchev–Trinajstić information content (AvgIpc) is 2.57. The number of carbonyl (C=O) groups is 1. The number of carbonyl (C=O) groups excluding carboxylic acids is 1. The Labute approximate surface area is 142 Å². The highest BCUT2D eigenvalue weighted by molar-refractivity contribution is 6.36. The van der Waals surface area contributed by atoms with Crippen molar-refractivity contribution in [1.29, 1.82) is 0 Å². The topological polar surface area (TPSA) is 53.9 Å². The van der Waals surface area contributed by atoms with Crippen molar-refractivity contribution in [2.24, 2.45) is 5.10 Å². The predicted molar refractivity (Wildman–Crippen MR) is 93.8 cm³/mol. The zero-order chi connectivity index (χ0) is 16.7. The highest BCUT2D eigenvalue weighted by atomic mass is 35.5. The number of ether oxygens (including phenoxy) is 1. The number of benzene rings is 1. The number of rotatable bonds is 4. The molecule has 1 fully saturated rings. The molecule has 6 heteroatoms. The van der Waals surface area contributed by atoms with Crippen molar-refractivity contribution in [3.05, 3.63) is 29.3 Å². The summed E-state index contributed by atoms with van der Waals surface area (Å²) in [6.07, 6.45) is 4.29. The van der Waals surface area contributed by atoms with E-state index in [1.807, 2.05) is 18.2 Å². The molecule has 1 heterocycles. The molecule has 0 spiro atoms. The molecule has 0 radical (unpaired) electrons. The first-order valence-electron chi connectivity index (χ1n) is 8.19. The van der Waals surface area contributed by atoms with Crippen LogP contribution in [0, 0.1) is 0 Å². The van der Waals surface area contributed by atoms with Crippen LogP contribution in [0.15, 0.2) is 29.4 Å². The van der Waals surface area contributed by atoms with E-state index in [4.69, 9.17) is 16.3 Å². The predicted octanol–water partition coefficient (Wildman–Crippen LogP) is 3.89. The quantitative estimate of drug-likeness (QED) is 0.392. The number of hydrazone groups is 1. The molecule has 126 valence electrons. The molecule has 1 saturated heterocycles. The monoisotopic (exact) mass is 337 g/mol. The van der Waals surface area contributed by atoms with Gasteiger partial charge >= 0.3 is 5.97 Å². The number of halogens is 1. The van der Waals surface area contributed by atoms with E-state index in [2.05, 4.69) is 22.4 Å². The van der Waals surface area contributed by atoms with Crippen LogP contribution in [0.2, 0.25) is 5.02 Å².